The lowest BCUT2D eigenvalue weighted by molar-refractivity contribution is -0.153. The molecular weight excluding hydrogens is 398 g/mol. The zero-order valence-corrected chi connectivity index (χ0v) is 18.6. The van der Waals surface area contributed by atoms with Crippen LogP contribution in [0.1, 0.15) is 45.6 Å². The van der Waals surface area contributed by atoms with Crippen LogP contribution in [-0.2, 0) is 23.9 Å². The molecule has 1 heterocycles. The number of hydrogen-bond donors (Lipinski definition) is 1. The molecule has 31 heavy (non-hydrogen) atoms. The number of Topliss-reactive ketones (excluding diaryl/α,β-unsaturated/α-hetero) is 1. The summed E-state index contributed by atoms with van der Waals surface area (Å²) in [6, 6.07) is 7.27. The van der Waals surface area contributed by atoms with Crippen molar-refractivity contribution >= 4 is 17.7 Å². The molecule has 0 spiro atoms. The van der Waals surface area contributed by atoms with E-state index in [1.165, 1.54) is 0 Å². The minimum atomic E-state index is -0.917. The zero-order chi connectivity index (χ0) is 22.7. The second-order valence-electron chi connectivity index (χ2n) is 7.73. The molecule has 1 aromatic rings. The van der Waals surface area contributed by atoms with Crippen molar-refractivity contribution < 1.29 is 28.6 Å². The average Bonchev–Trinajstić information content (AvgIpc) is 2.73. The number of esters is 2. The van der Waals surface area contributed by atoms with E-state index in [0.717, 1.165) is 5.70 Å². The number of ketones is 1. The van der Waals surface area contributed by atoms with Crippen molar-refractivity contribution in [2.75, 3.05) is 20.3 Å². The van der Waals surface area contributed by atoms with Gasteiger partial charge < -0.3 is 19.5 Å². The van der Waals surface area contributed by atoms with Crippen molar-refractivity contribution in [1.29, 1.82) is 0 Å². The number of para-hydroxylation sites is 1. The Kier molecular flexibility index (Phi) is 6.83. The number of carbonyl (C=O) groups is 3. The maximum atomic E-state index is 13.7. The number of carbonyl (C=O) groups excluding carboxylic acids is 3. The highest BCUT2D eigenvalue weighted by atomic mass is 16.5. The third-order valence-electron chi connectivity index (χ3n) is 5.77. The third kappa shape index (κ3) is 4.09. The molecule has 3 atom stereocenters. The minimum Gasteiger partial charge on any atom is -0.496 e. The number of methoxy groups -OCH3 is 1. The molecule has 0 saturated carbocycles. The number of rotatable bonds is 6. The van der Waals surface area contributed by atoms with Crippen molar-refractivity contribution in [2.24, 2.45) is 11.8 Å². The van der Waals surface area contributed by atoms with Crippen LogP contribution in [0.3, 0.4) is 0 Å². The van der Waals surface area contributed by atoms with Crippen molar-refractivity contribution in [2.45, 2.75) is 40.0 Å². The van der Waals surface area contributed by atoms with Crippen LogP contribution in [0.4, 0.5) is 0 Å². The lowest BCUT2D eigenvalue weighted by Gasteiger charge is -2.38. The van der Waals surface area contributed by atoms with E-state index in [4.69, 9.17) is 14.2 Å². The SMILES string of the molecule is CCOC(=O)C1=C(C)NC2=C(C(=O)[C@@H](C(=O)OCC)[C@H](C)C2)[C@@H]1c1ccccc1OC. The largest absolute Gasteiger partial charge is 0.496 e. The van der Waals surface area contributed by atoms with E-state index in [0.29, 0.717) is 34.6 Å². The second kappa shape index (κ2) is 9.37. The first kappa shape index (κ1) is 22.6. The fraction of sp³-hybridized carbons (Fsp3) is 0.458. The van der Waals surface area contributed by atoms with Crippen molar-refractivity contribution in [3.05, 3.63) is 52.4 Å². The van der Waals surface area contributed by atoms with E-state index in [2.05, 4.69) is 5.32 Å². The van der Waals surface area contributed by atoms with Gasteiger partial charge in [-0.05, 0) is 39.2 Å². The van der Waals surface area contributed by atoms with Gasteiger partial charge in [0.1, 0.15) is 11.7 Å². The summed E-state index contributed by atoms with van der Waals surface area (Å²) < 4.78 is 16.1. The molecule has 1 N–H and O–H groups in total. The molecule has 0 unspecified atom stereocenters. The van der Waals surface area contributed by atoms with Crippen LogP contribution in [0.5, 0.6) is 5.75 Å². The van der Waals surface area contributed by atoms with Gasteiger partial charge in [-0.1, -0.05) is 25.1 Å². The van der Waals surface area contributed by atoms with Gasteiger partial charge in [0.2, 0.25) is 0 Å². The highest BCUT2D eigenvalue weighted by Crippen LogP contribution is 2.47. The van der Waals surface area contributed by atoms with Gasteiger partial charge in [0.25, 0.3) is 0 Å². The molecule has 1 aliphatic carbocycles. The maximum absolute atomic E-state index is 13.7. The number of hydrogen-bond acceptors (Lipinski definition) is 7. The standard InChI is InChI=1S/C24H29NO6/c1-6-30-23(27)18-13(3)12-16-21(22(18)26)20(15-10-8-9-11-17(15)29-5)19(14(4)25-16)24(28)31-7-2/h8-11,13,18,20,25H,6-7,12H2,1-5H3/t13-,18+,20-/m1/s1. The molecule has 3 rings (SSSR count). The van der Waals surface area contributed by atoms with Gasteiger partial charge in [-0.15, -0.1) is 0 Å². The van der Waals surface area contributed by atoms with Crippen molar-refractivity contribution in [3.8, 4) is 5.75 Å². The van der Waals surface area contributed by atoms with E-state index >= 15 is 0 Å². The summed E-state index contributed by atoms with van der Waals surface area (Å²) in [4.78, 5) is 39.3. The maximum Gasteiger partial charge on any atom is 0.336 e. The quantitative estimate of drug-likeness (QED) is 0.550. The molecule has 0 fully saturated rings. The van der Waals surface area contributed by atoms with Gasteiger partial charge in [0.05, 0.1) is 31.8 Å². The Morgan fingerprint density at radius 3 is 2.45 bits per heavy atom. The fourth-order valence-electron chi connectivity index (χ4n) is 4.48. The highest BCUT2D eigenvalue weighted by molar-refractivity contribution is 6.12. The molecule has 0 amide bonds. The van der Waals surface area contributed by atoms with E-state index in [1.807, 2.05) is 25.1 Å². The average molecular weight is 427 g/mol. The molecule has 1 aliphatic heterocycles. The Bertz CT molecular complexity index is 961. The van der Waals surface area contributed by atoms with Gasteiger partial charge in [0.15, 0.2) is 5.78 Å². The van der Waals surface area contributed by atoms with Gasteiger partial charge in [0, 0.05) is 22.5 Å². The normalized spacial score (nSPS) is 23.1. The van der Waals surface area contributed by atoms with E-state index in [-0.39, 0.29) is 24.9 Å². The van der Waals surface area contributed by atoms with Crippen LogP contribution < -0.4 is 10.1 Å². The summed E-state index contributed by atoms with van der Waals surface area (Å²) in [7, 11) is 1.54. The lowest BCUT2D eigenvalue weighted by atomic mass is 9.69. The van der Waals surface area contributed by atoms with Crippen molar-refractivity contribution in [3.63, 3.8) is 0 Å². The number of allylic oxidation sites excluding steroid dienone is 3. The first-order chi connectivity index (χ1) is 14.8. The van der Waals surface area contributed by atoms with E-state index in [1.54, 1.807) is 33.9 Å². The number of benzene rings is 1. The van der Waals surface area contributed by atoms with Gasteiger partial charge in [-0.2, -0.15) is 0 Å². The van der Waals surface area contributed by atoms with Crippen LogP contribution >= 0.6 is 0 Å². The first-order valence-corrected chi connectivity index (χ1v) is 10.6. The monoisotopic (exact) mass is 427 g/mol. The Balaban J connectivity index is 2.20. The smallest absolute Gasteiger partial charge is 0.336 e. The van der Waals surface area contributed by atoms with Gasteiger partial charge in [-0.25, -0.2) is 4.79 Å². The van der Waals surface area contributed by atoms with E-state index < -0.39 is 23.8 Å². The summed E-state index contributed by atoms with van der Waals surface area (Å²) in [5.41, 5.74) is 2.76. The van der Waals surface area contributed by atoms with Crippen LogP contribution in [0.25, 0.3) is 0 Å². The highest BCUT2D eigenvalue weighted by Gasteiger charge is 2.47. The van der Waals surface area contributed by atoms with Gasteiger partial charge >= 0.3 is 11.9 Å². The molecule has 2 aliphatic rings. The Morgan fingerprint density at radius 1 is 1.13 bits per heavy atom. The summed E-state index contributed by atoms with van der Waals surface area (Å²) in [5.74, 6) is -2.67. The molecule has 7 nitrogen and oxygen atoms in total. The molecule has 0 saturated heterocycles. The molecule has 0 aromatic heterocycles. The second-order valence-corrected chi connectivity index (χ2v) is 7.73. The van der Waals surface area contributed by atoms with Crippen LogP contribution in [-0.4, -0.2) is 38.0 Å². The molecule has 7 heteroatoms. The predicted octanol–water partition coefficient (Wildman–Crippen LogP) is 3.26. The topological polar surface area (TPSA) is 90.9 Å². The number of dihydropyridines is 1. The third-order valence-corrected chi connectivity index (χ3v) is 5.77. The van der Waals surface area contributed by atoms with E-state index in [9.17, 15) is 14.4 Å². The Labute approximate surface area is 182 Å². The molecule has 166 valence electrons. The molecule has 1 aromatic carbocycles. The zero-order valence-electron chi connectivity index (χ0n) is 18.6. The predicted molar refractivity (Wildman–Crippen MR) is 114 cm³/mol. The van der Waals surface area contributed by atoms with Crippen LogP contribution in [0, 0.1) is 11.8 Å². The molecular formula is C24H29NO6. The van der Waals surface area contributed by atoms with Crippen LogP contribution in [0.2, 0.25) is 0 Å². The fourth-order valence-corrected chi connectivity index (χ4v) is 4.48. The van der Waals surface area contributed by atoms with Crippen LogP contribution in [0.15, 0.2) is 46.8 Å². The summed E-state index contributed by atoms with van der Waals surface area (Å²) in [6.45, 7) is 7.51. The summed E-state index contributed by atoms with van der Waals surface area (Å²) >= 11 is 0. The van der Waals surface area contributed by atoms with Gasteiger partial charge in [-0.3, -0.25) is 9.59 Å². The minimum absolute atomic E-state index is 0.197. The van der Waals surface area contributed by atoms with Crippen molar-refractivity contribution in [1.82, 2.24) is 5.32 Å². The molecule has 0 bridgehead atoms. The Morgan fingerprint density at radius 2 is 1.81 bits per heavy atom. The number of ether oxygens (including phenoxy) is 3. The molecule has 0 radical (unpaired) electrons. The summed E-state index contributed by atoms with van der Waals surface area (Å²) in [5, 5.41) is 3.24. The summed E-state index contributed by atoms with van der Waals surface area (Å²) in [6.07, 6.45) is 0.490. The number of nitrogens with one attached hydrogen (secondary N) is 1. The lowest BCUT2D eigenvalue weighted by Crippen LogP contribution is -2.43. The Hall–Kier alpha value is -3.09. The first-order valence-electron chi connectivity index (χ1n) is 10.6.